The van der Waals surface area contributed by atoms with Crippen LogP contribution in [0.1, 0.15) is 37.6 Å². The molecule has 0 aromatic heterocycles. The fourth-order valence-corrected chi connectivity index (χ4v) is 2.57. The van der Waals surface area contributed by atoms with E-state index in [1.54, 1.807) is 26.8 Å². The van der Waals surface area contributed by atoms with Crippen molar-refractivity contribution in [2.45, 2.75) is 38.9 Å². The molecule has 1 aromatic carbocycles. The Balaban J connectivity index is 1.86. The number of benzene rings is 1. The summed E-state index contributed by atoms with van der Waals surface area (Å²) in [5.74, 6) is -0.276. The van der Waals surface area contributed by atoms with Gasteiger partial charge in [-0.05, 0) is 32.9 Å². The Morgan fingerprint density at radius 2 is 1.96 bits per heavy atom. The number of carbonyl (C=O) groups is 2. The zero-order valence-corrected chi connectivity index (χ0v) is 15.0. The summed E-state index contributed by atoms with van der Waals surface area (Å²) < 4.78 is 10.2. The van der Waals surface area contributed by atoms with Gasteiger partial charge in [-0.3, -0.25) is 4.79 Å². The summed E-state index contributed by atoms with van der Waals surface area (Å²) in [5, 5.41) is 20.1. The molecule has 1 aliphatic rings. The number of carbonyl (C=O) groups excluding carboxylic acids is 2. The number of aromatic hydroxyl groups is 1. The first-order chi connectivity index (χ1) is 11.6. The van der Waals surface area contributed by atoms with Gasteiger partial charge in [-0.15, -0.1) is 0 Å². The lowest BCUT2D eigenvalue weighted by molar-refractivity contribution is -0.0304. The predicted octanol–water partition coefficient (Wildman–Crippen LogP) is 2.20. The fourth-order valence-electron chi connectivity index (χ4n) is 2.57. The second kappa shape index (κ2) is 7.31. The van der Waals surface area contributed by atoms with E-state index in [-0.39, 0.29) is 29.4 Å². The minimum Gasteiger partial charge on any atom is -0.507 e. The number of Topliss-reactive ketones (excluding diaryl/α,β-unsaturated/α-hetero) is 1. The van der Waals surface area contributed by atoms with E-state index in [9.17, 15) is 19.8 Å². The van der Waals surface area contributed by atoms with Crippen LogP contribution in [0.5, 0.6) is 11.5 Å². The van der Waals surface area contributed by atoms with Crippen molar-refractivity contribution in [3.05, 3.63) is 23.8 Å². The third-order valence-corrected chi connectivity index (χ3v) is 4.01. The highest BCUT2D eigenvalue weighted by Gasteiger charge is 2.38. The van der Waals surface area contributed by atoms with E-state index >= 15 is 0 Å². The van der Waals surface area contributed by atoms with Crippen LogP contribution in [0.2, 0.25) is 0 Å². The van der Waals surface area contributed by atoms with Crippen molar-refractivity contribution in [3.63, 3.8) is 0 Å². The summed E-state index contributed by atoms with van der Waals surface area (Å²) in [6.07, 6.45) is -1.42. The number of rotatable bonds is 5. The highest BCUT2D eigenvalue weighted by atomic mass is 16.6. The number of ether oxygens (including phenoxy) is 2. The number of phenols is 1. The fraction of sp³-hybridized carbons (Fsp3) is 0.556. The topological polar surface area (TPSA) is 96.3 Å². The summed E-state index contributed by atoms with van der Waals surface area (Å²) in [4.78, 5) is 25.6. The first-order valence-corrected chi connectivity index (χ1v) is 8.17. The lowest BCUT2D eigenvalue weighted by atomic mass is 9.89. The Bertz CT molecular complexity index is 645. The first kappa shape index (κ1) is 19.1. The number of ketones is 1. The van der Waals surface area contributed by atoms with Crippen molar-refractivity contribution < 1.29 is 29.3 Å². The second-order valence-corrected chi connectivity index (χ2v) is 7.22. The van der Waals surface area contributed by atoms with Crippen LogP contribution < -0.4 is 4.74 Å². The van der Waals surface area contributed by atoms with Gasteiger partial charge in [0, 0.05) is 31.5 Å². The number of phenolic OH excluding ortho intramolecular Hbond substituents is 1. The van der Waals surface area contributed by atoms with Crippen LogP contribution in [0.4, 0.5) is 4.79 Å². The average Bonchev–Trinajstić information content (AvgIpc) is 2.43. The molecule has 7 heteroatoms. The van der Waals surface area contributed by atoms with Crippen molar-refractivity contribution in [2.75, 3.05) is 20.2 Å². The molecule has 1 saturated heterocycles. The van der Waals surface area contributed by atoms with E-state index in [2.05, 4.69) is 0 Å². The summed E-state index contributed by atoms with van der Waals surface area (Å²) in [7, 11) is 1.47. The first-order valence-electron chi connectivity index (χ1n) is 8.17. The summed E-state index contributed by atoms with van der Waals surface area (Å²) in [6, 6.07) is 4.40. The molecule has 2 rings (SSSR count). The van der Waals surface area contributed by atoms with Gasteiger partial charge in [-0.2, -0.15) is 0 Å². The van der Waals surface area contributed by atoms with Gasteiger partial charge in [0.25, 0.3) is 0 Å². The molecular formula is C18H25NO6. The molecular weight excluding hydrogens is 326 g/mol. The molecule has 1 unspecified atom stereocenters. The van der Waals surface area contributed by atoms with E-state index in [0.29, 0.717) is 18.8 Å². The lowest BCUT2D eigenvalue weighted by Gasteiger charge is -2.41. The van der Waals surface area contributed by atoms with Gasteiger partial charge in [-0.1, -0.05) is 0 Å². The number of hydrogen-bond acceptors (Lipinski definition) is 6. The monoisotopic (exact) mass is 351 g/mol. The standard InChI is InChI=1S/C18H25NO6/c1-18(2,3)25-17(23)19-9-11(10-19)14(20)8-16(22)13-6-5-12(24-4)7-15(13)21/h5-7,11,14,20-21H,8-10H2,1-4H3. The molecule has 1 atom stereocenters. The van der Waals surface area contributed by atoms with Crippen LogP contribution in [0.15, 0.2) is 18.2 Å². The average molecular weight is 351 g/mol. The Morgan fingerprint density at radius 3 is 2.48 bits per heavy atom. The molecule has 0 spiro atoms. The molecule has 0 radical (unpaired) electrons. The van der Waals surface area contributed by atoms with Gasteiger partial charge in [0.1, 0.15) is 17.1 Å². The van der Waals surface area contributed by atoms with Crippen LogP contribution in [0.3, 0.4) is 0 Å². The van der Waals surface area contributed by atoms with Crippen LogP contribution >= 0.6 is 0 Å². The minimum absolute atomic E-state index is 0.118. The number of likely N-dealkylation sites (tertiary alicyclic amines) is 1. The quantitative estimate of drug-likeness (QED) is 0.790. The Labute approximate surface area is 147 Å². The SMILES string of the molecule is COc1ccc(C(=O)CC(O)C2CN(C(=O)OC(C)(C)C)C2)c(O)c1. The number of nitrogens with zero attached hydrogens (tertiary/aromatic N) is 1. The number of hydrogen-bond donors (Lipinski definition) is 2. The van der Waals surface area contributed by atoms with Gasteiger partial charge in [0.15, 0.2) is 5.78 Å². The summed E-state index contributed by atoms with van der Waals surface area (Å²) in [6.45, 7) is 6.06. The zero-order chi connectivity index (χ0) is 18.8. The molecule has 1 heterocycles. The van der Waals surface area contributed by atoms with E-state index in [1.165, 1.54) is 24.1 Å². The van der Waals surface area contributed by atoms with Gasteiger partial charge in [0.05, 0.1) is 18.8 Å². The van der Waals surface area contributed by atoms with Crippen LogP contribution in [-0.4, -0.2) is 58.9 Å². The maximum atomic E-state index is 12.3. The summed E-state index contributed by atoms with van der Waals surface area (Å²) >= 11 is 0. The lowest BCUT2D eigenvalue weighted by Crippen LogP contribution is -2.55. The summed E-state index contributed by atoms with van der Waals surface area (Å²) in [5.41, 5.74) is -0.425. The van der Waals surface area contributed by atoms with E-state index < -0.39 is 17.8 Å². The third-order valence-electron chi connectivity index (χ3n) is 4.01. The highest BCUT2D eigenvalue weighted by molar-refractivity contribution is 5.99. The van der Waals surface area contributed by atoms with Crippen molar-refractivity contribution in [2.24, 2.45) is 5.92 Å². The molecule has 0 bridgehead atoms. The zero-order valence-electron chi connectivity index (χ0n) is 15.0. The van der Waals surface area contributed by atoms with Gasteiger partial charge in [-0.25, -0.2) is 4.79 Å². The molecule has 0 aliphatic carbocycles. The van der Waals surface area contributed by atoms with Crippen LogP contribution in [0.25, 0.3) is 0 Å². The molecule has 1 aliphatic heterocycles. The Hall–Kier alpha value is -2.28. The normalized spacial score (nSPS) is 16.1. The molecule has 138 valence electrons. The van der Waals surface area contributed by atoms with Gasteiger partial charge >= 0.3 is 6.09 Å². The molecule has 1 aromatic rings. The third kappa shape index (κ3) is 4.85. The Morgan fingerprint density at radius 1 is 1.32 bits per heavy atom. The molecule has 25 heavy (non-hydrogen) atoms. The predicted molar refractivity (Wildman–Crippen MR) is 90.9 cm³/mol. The van der Waals surface area contributed by atoms with Gasteiger partial charge < -0.3 is 24.6 Å². The number of aliphatic hydroxyl groups excluding tert-OH is 1. The van der Waals surface area contributed by atoms with Crippen molar-refractivity contribution in [1.82, 2.24) is 4.90 Å². The number of amides is 1. The van der Waals surface area contributed by atoms with Crippen LogP contribution in [0, 0.1) is 5.92 Å². The molecule has 1 fully saturated rings. The highest BCUT2D eigenvalue weighted by Crippen LogP contribution is 2.28. The molecule has 0 saturated carbocycles. The molecule has 1 amide bonds. The maximum Gasteiger partial charge on any atom is 0.410 e. The largest absolute Gasteiger partial charge is 0.507 e. The molecule has 7 nitrogen and oxygen atoms in total. The number of methoxy groups -OCH3 is 1. The Kier molecular flexibility index (Phi) is 5.57. The smallest absolute Gasteiger partial charge is 0.410 e. The van der Waals surface area contributed by atoms with Crippen molar-refractivity contribution in [3.8, 4) is 11.5 Å². The van der Waals surface area contributed by atoms with E-state index in [0.717, 1.165) is 0 Å². The minimum atomic E-state index is -0.882. The van der Waals surface area contributed by atoms with E-state index in [1.807, 2.05) is 0 Å². The van der Waals surface area contributed by atoms with Crippen LogP contribution in [-0.2, 0) is 4.74 Å². The molecule has 2 N–H and O–H groups in total. The maximum absolute atomic E-state index is 12.3. The van der Waals surface area contributed by atoms with Crippen molar-refractivity contribution in [1.29, 1.82) is 0 Å². The van der Waals surface area contributed by atoms with E-state index in [4.69, 9.17) is 9.47 Å². The van der Waals surface area contributed by atoms with Gasteiger partial charge in [0.2, 0.25) is 0 Å². The second-order valence-electron chi connectivity index (χ2n) is 7.22. The van der Waals surface area contributed by atoms with Crippen molar-refractivity contribution >= 4 is 11.9 Å². The number of aliphatic hydroxyl groups is 1.